The van der Waals surface area contributed by atoms with E-state index in [1.807, 2.05) is 26.4 Å². The fourth-order valence-electron chi connectivity index (χ4n) is 2.98. The first-order valence-corrected chi connectivity index (χ1v) is 7.83. The number of anilines is 1. The highest BCUT2D eigenvalue weighted by Crippen LogP contribution is 2.19. The van der Waals surface area contributed by atoms with E-state index < -0.39 is 5.82 Å². The van der Waals surface area contributed by atoms with Crippen LogP contribution in [0, 0.1) is 12.7 Å². The standard InChI is InChI=1S/C17H21FN4O/c1-12-5-6-16(18)15(8-12)17(23)20-13-4-3-7-22(10-13)14-9-19-21(2)11-14/h5-6,8-9,11,13H,3-4,7,10H2,1-2H3,(H,20,23). The van der Waals surface area contributed by atoms with Crippen LogP contribution in [0.5, 0.6) is 0 Å². The third-order valence-corrected chi connectivity index (χ3v) is 4.18. The van der Waals surface area contributed by atoms with Gasteiger partial charge < -0.3 is 10.2 Å². The van der Waals surface area contributed by atoms with Crippen LogP contribution in [0.4, 0.5) is 10.1 Å². The predicted octanol–water partition coefficient (Wildman–Crippen LogP) is 2.27. The topological polar surface area (TPSA) is 50.2 Å². The van der Waals surface area contributed by atoms with Crippen molar-refractivity contribution >= 4 is 11.6 Å². The van der Waals surface area contributed by atoms with Crippen molar-refractivity contribution in [2.45, 2.75) is 25.8 Å². The summed E-state index contributed by atoms with van der Waals surface area (Å²) in [7, 11) is 1.88. The molecule has 3 rings (SSSR count). The van der Waals surface area contributed by atoms with Crippen molar-refractivity contribution in [1.82, 2.24) is 15.1 Å². The first kappa shape index (κ1) is 15.5. The molecule has 0 radical (unpaired) electrons. The second-order valence-corrected chi connectivity index (χ2v) is 6.11. The molecule has 1 atom stereocenters. The number of aryl methyl sites for hydroxylation is 2. The lowest BCUT2D eigenvalue weighted by atomic mass is 10.0. The number of piperidine rings is 1. The van der Waals surface area contributed by atoms with Crippen LogP contribution in [0.25, 0.3) is 0 Å². The van der Waals surface area contributed by atoms with Crippen molar-refractivity contribution < 1.29 is 9.18 Å². The summed E-state index contributed by atoms with van der Waals surface area (Å²) in [4.78, 5) is 14.5. The van der Waals surface area contributed by atoms with Crippen molar-refractivity contribution in [3.63, 3.8) is 0 Å². The summed E-state index contributed by atoms with van der Waals surface area (Å²) in [6, 6.07) is 4.60. The number of carbonyl (C=O) groups is 1. The van der Waals surface area contributed by atoms with E-state index in [1.165, 1.54) is 6.07 Å². The average molecular weight is 316 g/mol. The normalized spacial score (nSPS) is 18.0. The van der Waals surface area contributed by atoms with E-state index in [-0.39, 0.29) is 17.5 Å². The van der Waals surface area contributed by atoms with Gasteiger partial charge in [-0.15, -0.1) is 0 Å². The van der Waals surface area contributed by atoms with Crippen molar-refractivity contribution in [1.29, 1.82) is 0 Å². The Morgan fingerprint density at radius 3 is 3.00 bits per heavy atom. The number of benzene rings is 1. The summed E-state index contributed by atoms with van der Waals surface area (Å²) in [5.74, 6) is -0.822. The molecule has 1 aliphatic heterocycles. The Morgan fingerprint density at radius 1 is 1.43 bits per heavy atom. The first-order chi connectivity index (χ1) is 11.0. The van der Waals surface area contributed by atoms with E-state index in [2.05, 4.69) is 15.3 Å². The molecule has 1 amide bonds. The van der Waals surface area contributed by atoms with Gasteiger partial charge in [0.05, 0.1) is 17.4 Å². The highest BCUT2D eigenvalue weighted by Gasteiger charge is 2.23. The van der Waals surface area contributed by atoms with Crippen LogP contribution >= 0.6 is 0 Å². The maximum absolute atomic E-state index is 13.8. The zero-order valence-corrected chi connectivity index (χ0v) is 13.4. The van der Waals surface area contributed by atoms with Crippen molar-refractivity contribution in [2.75, 3.05) is 18.0 Å². The van der Waals surface area contributed by atoms with Crippen LogP contribution in [-0.4, -0.2) is 34.8 Å². The van der Waals surface area contributed by atoms with Crippen LogP contribution < -0.4 is 10.2 Å². The molecule has 1 unspecified atom stereocenters. The van der Waals surface area contributed by atoms with E-state index >= 15 is 0 Å². The molecule has 1 saturated heterocycles. The van der Waals surface area contributed by atoms with Gasteiger partial charge in [0.2, 0.25) is 0 Å². The molecule has 5 nitrogen and oxygen atoms in total. The molecule has 1 N–H and O–H groups in total. The van der Waals surface area contributed by atoms with E-state index in [0.29, 0.717) is 6.54 Å². The molecular formula is C17H21FN4O. The molecule has 0 spiro atoms. The zero-order valence-electron chi connectivity index (χ0n) is 13.4. The quantitative estimate of drug-likeness (QED) is 0.945. The molecule has 0 saturated carbocycles. The van der Waals surface area contributed by atoms with Crippen molar-refractivity contribution in [3.05, 3.63) is 47.5 Å². The van der Waals surface area contributed by atoms with Gasteiger partial charge in [-0.05, 0) is 31.9 Å². The monoisotopic (exact) mass is 316 g/mol. The zero-order chi connectivity index (χ0) is 16.4. The number of halogens is 1. The minimum atomic E-state index is -0.479. The number of carbonyl (C=O) groups excluding carboxylic acids is 1. The second kappa shape index (κ2) is 6.40. The fraction of sp³-hybridized carbons (Fsp3) is 0.412. The summed E-state index contributed by atoms with van der Waals surface area (Å²) >= 11 is 0. The Hall–Kier alpha value is -2.37. The van der Waals surface area contributed by atoms with Crippen LogP contribution in [-0.2, 0) is 7.05 Å². The van der Waals surface area contributed by atoms with E-state index in [0.717, 1.165) is 30.6 Å². The maximum Gasteiger partial charge on any atom is 0.254 e. The summed E-state index contributed by atoms with van der Waals surface area (Å²) in [6.45, 7) is 3.50. The van der Waals surface area contributed by atoms with Gasteiger partial charge in [0.1, 0.15) is 5.82 Å². The molecule has 1 fully saturated rings. The van der Waals surface area contributed by atoms with Gasteiger partial charge in [0, 0.05) is 32.4 Å². The van der Waals surface area contributed by atoms with Crippen molar-refractivity contribution in [2.24, 2.45) is 7.05 Å². The molecule has 1 aliphatic rings. The first-order valence-electron chi connectivity index (χ1n) is 7.83. The lowest BCUT2D eigenvalue weighted by Gasteiger charge is -2.33. The van der Waals surface area contributed by atoms with Gasteiger partial charge in [-0.3, -0.25) is 9.48 Å². The number of amides is 1. The lowest BCUT2D eigenvalue weighted by molar-refractivity contribution is 0.0929. The molecule has 2 aromatic rings. The van der Waals surface area contributed by atoms with Crippen molar-refractivity contribution in [3.8, 4) is 0 Å². The smallest absolute Gasteiger partial charge is 0.254 e. The molecule has 122 valence electrons. The minimum Gasteiger partial charge on any atom is -0.367 e. The van der Waals surface area contributed by atoms with Gasteiger partial charge in [-0.2, -0.15) is 5.10 Å². The largest absolute Gasteiger partial charge is 0.367 e. The fourth-order valence-corrected chi connectivity index (χ4v) is 2.98. The second-order valence-electron chi connectivity index (χ2n) is 6.11. The third-order valence-electron chi connectivity index (χ3n) is 4.18. The maximum atomic E-state index is 13.8. The molecule has 6 heteroatoms. The Bertz CT molecular complexity index is 712. The molecule has 23 heavy (non-hydrogen) atoms. The number of hydrogen-bond acceptors (Lipinski definition) is 3. The Labute approximate surface area is 135 Å². The summed E-state index contributed by atoms with van der Waals surface area (Å²) in [5, 5.41) is 7.15. The SMILES string of the molecule is Cc1ccc(F)c(C(=O)NC2CCCN(c3cnn(C)c3)C2)c1. The van der Waals surface area contributed by atoms with Crippen LogP contribution in [0.15, 0.2) is 30.6 Å². The van der Waals surface area contributed by atoms with Gasteiger partial charge in [0.15, 0.2) is 0 Å². The Kier molecular flexibility index (Phi) is 4.32. The highest BCUT2D eigenvalue weighted by atomic mass is 19.1. The van der Waals surface area contributed by atoms with Gasteiger partial charge in [-0.1, -0.05) is 11.6 Å². The van der Waals surface area contributed by atoms with Gasteiger partial charge in [-0.25, -0.2) is 4.39 Å². The lowest BCUT2D eigenvalue weighted by Crippen LogP contribution is -2.48. The highest BCUT2D eigenvalue weighted by molar-refractivity contribution is 5.94. The predicted molar refractivity (Wildman–Crippen MR) is 87.0 cm³/mol. The Balaban J connectivity index is 1.67. The van der Waals surface area contributed by atoms with Crippen LogP contribution in [0.3, 0.4) is 0 Å². The number of aromatic nitrogens is 2. The summed E-state index contributed by atoms with van der Waals surface area (Å²) in [5.41, 5.74) is 2.04. The summed E-state index contributed by atoms with van der Waals surface area (Å²) < 4.78 is 15.6. The molecule has 2 heterocycles. The van der Waals surface area contributed by atoms with Gasteiger partial charge in [0.25, 0.3) is 5.91 Å². The minimum absolute atomic E-state index is 0.0105. The Morgan fingerprint density at radius 2 is 2.26 bits per heavy atom. The number of rotatable bonds is 3. The molecule has 0 aliphatic carbocycles. The average Bonchev–Trinajstić information content (AvgIpc) is 2.96. The summed E-state index contributed by atoms with van der Waals surface area (Å²) in [6.07, 6.45) is 5.67. The molecule has 0 bridgehead atoms. The van der Waals surface area contributed by atoms with Gasteiger partial charge >= 0.3 is 0 Å². The molecular weight excluding hydrogens is 295 g/mol. The number of hydrogen-bond donors (Lipinski definition) is 1. The van der Waals surface area contributed by atoms with E-state index in [1.54, 1.807) is 16.8 Å². The van der Waals surface area contributed by atoms with Crippen LogP contribution in [0.1, 0.15) is 28.8 Å². The molecule has 1 aromatic heterocycles. The van der Waals surface area contributed by atoms with E-state index in [9.17, 15) is 9.18 Å². The number of nitrogens with zero attached hydrogens (tertiary/aromatic N) is 3. The third kappa shape index (κ3) is 3.52. The van der Waals surface area contributed by atoms with E-state index in [4.69, 9.17) is 0 Å². The molecule has 1 aromatic carbocycles. The number of nitrogens with one attached hydrogen (secondary N) is 1. The van der Waals surface area contributed by atoms with Crippen LogP contribution in [0.2, 0.25) is 0 Å².